The molecule has 7 rings (SSSR count). The van der Waals surface area contributed by atoms with Gasteiger partial charge in [-0.1, -0.05) is 24.3 Å². The number of carbonyl (C=O) groups is 3. The van der Waals surface area contributed by atoms with E-state index >= 15 is 0 Å². The molecule has 3 amide bonds. The van der Waals surface area contributed by atoms with Gasteiger partial charge in [0, 0.05) is 72.0 Å². The quantitative estimate of drug-likeness (QED) is 0.312. The van der Waals surface area contributed by atoms with E-state index in [-0.39, 0.29) is 11.8 Å². The van der Waals surface area contributed by atoms with Gasteiger partial charge in [-0.15, -0.1) is 0 Å². The highest BCUT2D eigenvalue weighted by molar-refractivity contribution is 6.22. The number of benzene rings is 3. The molecule has 41 heavy (non-hydrogen) atoms. The van der Waals surface area contributed by atoms with Crippen LogP contribution in [0.5, 0.6) is 0 Å². The van der Waals surface area contributed by atoms with Gasteiger partial charge in [0.1, 0.15) is 5.69 Å². The minimum atomic E-state index is -0.528. The highest BCUT2D eigenvalue weighted by Crippen LogP contribution is 2.39. The maximum Gasteiger partial charge on any atom is 0.270 e. The number of aromatic amines is 2. The molecule has 0 saturated carbocycles. The van der Waals surface area contributed by atoms with Crippen molar-refractivity contribution in [2.75, 3.05) is 46.3 Å². The molecule has 0 bridgehead atoms. The highest BCUT2D eigenvalue weighted by Gasteiger charge is 2.24. The Bertz CT molecular complexity index is 1850. The molecule has 5 aromatic rings. The minimum Gasteiger partial charge on any atom is -0.366 e. The molecule has 0 unspecified atom stereocenters. The zero-order valence-electron chi connectivity index (χ0n) is 23.0. The lowest BCUT2D eigenvalue weighted by atomic mass is 9.94. The predicted molar refractivity (Wildman–Crippen MR) is 160 cm³/mol. The summed E-state index contributed by atoms with van der Waals surface area (Å²) in [4.78, 5) is 51.6. The van der Waals surface area contributed by atoms with Crippen LogP contribution in [0.15, 0.2) is 54.6 Å². The second-order valence-corrected chi connectivity index (χ2v) is 11.2. The fraction of sp³-hybridized carbons (Fsp3) is 0.281. The predicted octanol–water partition coefficient (Wildman–Crippen LogP) is 4.19. The zero-order chi connectivity index (χ0) is 28.2. The van der Waals surface area contributed by atoms with Crippen LogP contribution in [0, 0.1) is 0 Å². The monoisotopic (exact) mass is 548 g/mol. The van der Waals surface area contributed by atoms with Crippen LogP contribution in [-0.4, -0.2) is 88.7 Å². The molecule has 0 atom stereocenters. The highest BCUT2D eigenvalue weighted by atomic mass is 16.2. The Morgan fingerprint density at radius 1 is 0.732 bits per heavy atom. The van der Waals surface area contributed by atoms with Crippen molar-refractivity contribution >= 4 is 50.4 Å². The first kappa shape index (κ1) is 25.3. The number of H-pyrrole nitrogens is 2. The van der Waals surface area contributed by atoms with Crippen molar-refractivity contribution < 1.29 is 14.4 Å². The normalized spacial score (nSPS) is 16.3. The number of amides is 3. The molecule has 2 aliphatic heterocycles. The molecule has 9 nitrogen and oxygen atoms in total. The Kier molecular flexibility index (Phi) is 6.04. The van der Waals surface area contributed by atoms with Gasteiger partial charge < -0.3 is 30.4 Å². The Morgan fingerprint density at radius 2 is 1.49 bits per heavy atom. The molecule has 4 N–H and O–H groups in total. The summed E-state index contributed by atoms with van der Waals surface area (Å²) >= 11 is 0. The number of piperazine rings is 1. The summed E-state index contributed by atoms with van der Waals surface area (Å²) in [6.07, 6.45) is 2.06. The number of hydrogen-bond acceptors (Lipinski definition) is 4. The topological polar surface area (TPSA) is 119 Å². The number of likely N-dealkylation sites (tertiary alicyclic amines) is 1. The van der Waals surface area contributed by atoms with Crippen LogP contribution < -0.4 is 5.73 Å². The van der Waals surface area contributed by atoms with Gasteiger partial charge in [0.15, 0.2) is 0 Å². The molecular formula is C32H32N6O3. The second kappa shape index (κ2) is 9.78. The fourth-order valence-corrected chi connectivity index (χ4v) is 6.36. The smallest absolute Gasteiger partial charge is 0.270 e. The van der Waals surface area contributed by atoms with Crippen LogP contribution in [0.1, 0.15) is 44.0 Å². The van der Waals surface area contributed by atoms with Gasteiger partial charge in [-0.05, 0) is 61.3 Å². The molecule has 2 aromatic heterocycles. The molecule has 4 heterocycles. The summed E-state index contributed by atoms with van der Waals surface area (Å²) in [5, 5.41) is 2.68. The number of hydrogen-bond donors (Lipinski definition) is 3. The van der Waals surface area contributed by atoms with Gasteiger partial charge in [0.25, 0.3) is 17.7 Å². The second-order valence-electron chi connectivity index (χ2n) is 11.2. The molecule has 3 aromatic carbocycles. The van der Waals surface area contributed by atoms with Crippen molar-refractivity contribution in [3.8, 4) is 11.1 Å². The molecule has 2 saturated heterocycles. The van der Waals surface area contributed by atoms with Gasteiger partial charge in [-0.3, -0.25) is 14.4 Å². The molecule has 0 aliphatic carbocycles. The van der Waals surface area contributed by atoms with E-state index in [1.807, 2.05) is 58.3 Å². The first-order chi connectivity index (χ1) is 19.9. The van der Waals surface area contributed by atoms with E-state index in [0.717, 1.165) is 77.3 Å². The number of fused-ring (bicyclic) bond motifs is 4. The van der Waals surface area contributed by atoms with Crippen molar-refractivity contribution in [2.24, 2.45) is 5.73 Å². The number of carbonyl (C=O) groups excluding carboxylic acids is 3. The van der Waals surface area contributed by atoms with Crippen molar-refractivity contribution in [3.05, 3.63) is 71.4 Å². The number of rotatable bonds is 4. The number of aromatic nitrogens is 2. The van der Waals surface area contributed by atoms with Crippen LogP contribution in [0.25, 0.3) is 43.8 Å². The summed E-state index contributed by atoms with van der Waals surface area (Å²) in [6.45, 7) is 4.65. The molecule has 9 heteroatoms. The lowest BCUT2D eigenvalue weighted by molar-refractivity contribution is 0.0663. The number of nitrogens with one attached hydrogen (secondary N) is 2. The number of primary amides is 1. The van der Waals surface area contributed by atoms with Gasteiger partial charge in [0.2, 0.25) is 0 Å². The first-order valence-corrected chi connectivity index (χ1v) is 14.2. The lowest BCUT2D eigenvalue weighted by Crippen LogP contribution is -2.47. The van der Waals surface area contributed by atoms with Crippen molar-refractivity contribution in [2.45, 2.75) is 12.8 Å². The van der Waals surface area contributed by atoms with Gasteiger partial charge in [-0.25, -0.2) is 0 Å². The fourth-order valence-electron chi connectivity index (χ4n) is 6.36. The molecule has 0 spiro atoms. The summed E-state index contributed by atoms with van der Waals surface area (Å²) in [7, 11) is 2.06. The average molecular weight is 549 g/mol. The number of likely N-dealkylation sites (N-methyl/N-ethyl adjacent to an activating group) is 1. The minimum absolute atomic E-state index is 0.00120. The van der Waals surface area contributed by atoms with Crippen molar-refractivity contribution in [1.82, 2.24) is 24.7 Å². The molecule has 0 radical (unpaired) electrons. The Labute approximate surface area is 236 Å². The molecule has 2 aliphatic rings. The van der Waals surface area contributed by atoms with Crippen molar-refractivity contribution in [1.29, 1.82) is 0 Å². The van der Waals surface area contributed by atoms with E-state index in [4.69, 9.17) is 5.73 Å². The van der Waals surface area contributed by atoms with E-state index in [0.29, 0.717) is 35.4 Å². The largest absolute Gasteiger partial charge is 0.366 e. The van der Waals surface area contributed by atoms with E-state index < -0.39 is 5.91 Å². The van der Waals surface area contributed by atoms with E-state index in [1.165, 1.54) is 0 Å². The maximum atomic E-state index is 13.3. The summed E-state index contributed by atoms with van der Waals surface area (Å²) in [6, 6.07) is 17.2. The van der Waals surface area contributed by atoms with Gasteiger partial charge >= 0.3 is 0 Å². The van der Waals surface area contributed by atoms with Crippen LogP contribution in [0.3, 0.4) is 0 Å². The lowest BCUT2D eigenvalue weighted by Gasteiger charge is -2.32. The first-order valence-electron chi connectivity index (χ1n) is 14.2. The average Bonchev–Trinajstić information content (AvgIpc) is 3.74. The summed E-state index contributed by atoms with van der Waals surface area (Å²) in [5.74, 6) is -0.509. The van der Waals surface area contributed by atoms with Gasteiger partial charge in [-0.2, -0.15) is 0 Å². The van der Waals surface area contributed by atoms with Crippen LogP contribution in [0.2, 0.25) is 0 Å². The molecule has 2 fully saturated rings. The maximum absolute atomic E-state index is 13.3. The molecule has 208 valence electrons. The van der Waals surface area contributed by atoms with Gasteiger partial charge in [0.05, 0.1) is 11.1 Å². The number of nitrogens with two attached hydrogens (primary N) is 1. The summed E-state index contributed by atoms with van der Waals surface area (Å²) in [5.41, 5.74) is 11.5. The van der Waals surface area contributed by atoms with E-state index in [1.54, 1.807) is 6.07 Å². The third-order valence-corrected chi connectivity index (χ3v) is 8.63. The van der Waals surface area contributed by atoms with Crippen LogP contribution in [0.4, 0.5) is 0 Å². The number of nitrogens with zero attached hydrogens (tertiary/aromatic N) is 3. The van der Waals surface area contributed by atoms with Crippen LogP contribution >= 0.6 is 0 Å². The molecular weight excluding hydrogens is 516 g/mol. The summed E-state index contributed by atoms with van der Waals surface area (Å²) < 4.78 is 0. The van der Waals surface area contributed by atoms with Crippen LogP contribution in [-0.2, 0) is 0 Å². The third kappa shape index (κ3) is 4.24. The zero-order valence-corrected chi connectivity index (χ0v) is 23.0. The SMILES string of the molecule is CN1CCN(C(=O)c2ccc3c(c2)[nH]c2c(C(N)=O)ccc(-c4cccc5[nH]c(C(=O)N6CCCC6)cc45)c23)CC1. The van der Waals surface area contributed by atoms with E-state index in [9.17, 15) is 14.4 Å². The van der Waals surface area contributed by atoms with E-state index in [2.05, 4.69) is 21.9 Å². The standard InChI is InChI=1S/C32H32N6O3/c1-36-13-15-38(16-14-36)31(40)19-7-8-22-26(17-19)35-29-23(30(33)39)10-9-21(28(22)29)20-5-4-6-25-24(20)18-27(34-25)32(41)37-11-2-3-12-37/h4-10,17-18,34-35H,2-3,11-16H2,1H3,(H2,33,39). The Balaban J connectivity index is 1.36. The van der Waals surface area contributed by atoms with Crippen molar-refractivity contribution in [3.63, 3.8) is 0 Å². The third-order valence-electron chi connectivity index (χ3n) is 8.63. The Morgan fingerprint density at radius 3 is 2.24 bits per heavy atom. The Hall–Kier alpha value is -4.63.